The van der Waals surface area contributed by atoms with Crippen molar-refractivity contribution in [1.82, 2.24) is 24.8 Å². The first-order chi connectivity index (χ1) is 12.7. The Morgan fingerprint density at radius 1 is 1.12 bits per heavy atom. The van der Waals surface area contributed by atoms with Crippen LogP contribution in [0.5, 0.6) is 0 Å². The maximum Gasteiger partial charge on any atom is 0.246 e. The van der Waals surface area contributed by atoms with Crippen LogP contribution in [0.15, 0.2) is 60.9 Å². The maximum absolute atomic E-state index is 12.3. The molecule has 0 aliphatic heterocycles. The lowest BCUT2D eigenvalue weighted by molar-refractivity contribution is -0.116. The summed E-state index contributed by atoms with van der Waals surface area (Å²) in [6, 6.07) is 15.8. The molecule has 130 valence electrons. The molecule has 26 heavy (non-hydrogen) atoms. The number of aryl methyl sites for hydroxylation is 1. The molecular formula is C19H18N6O. The highest BCUT2D eigenvalue weighted by molar-refractivity contribution is 5.91. The van der Waals surface area contributed by atoms with E-state index in [9.17, 15) is 4.79 Å². The highest BCUT2D eigenvalue weighted by Crippen LogP contribution is 2.11. The quantitative estimate of drug-likeness (QED) is 0.602. The number of rotatable bonds is 5. The highest BCUT2D eigenvalue weighted by atomic mass is 16.2. The Labute approximate surface area is 150 Å². The van der Waals surface area contributed by atoms with E-state index in [2.05, 4.69) is 51.9 Å². The maximum atomic E-state index is 12.3. The van der Waals surface area contributed by atoms with Crippen molar-refractivity contribution in [1.29, 1.82) is 0 Å². The number of fused-ring (bicyclic) bond motifs is 1. The van der Waals surface area contributed by atoms with Gasteiger partial charge in [-0.05, 0) is 24.6 Å². The van der Waals surface area contributed by atoms with E-state index in [-0.39, 0.29) is 12.5 Å². The minimum Gasteiger partial charge on any atom is -0.322 e. The van der Waals surface area contributed by atoms with Gasteiger partial charge in [-0.15, -0.1) is 5.10 Å². The van der Waals surface area contributed by atoms with E-state index < -0.39 is 0 Å². The van der Waals surface area contributed by atoms with Crippen molar-refractivity contribution in [2.45, 2.75) is 20.0 Å². The van der Waals surface area contributed by atoms with E-state index in [1.807, 2.05) is 30.5 Å². The molecule has 0 radical (unpaired) electrons. The molecule has 1 amide bonds. The molecule has 0 aliphatic carbocycles. The first kappa shape index (κ1) is 16.0. The molecule has 0 aliphatic rings. The van der Waals surface area contributed by atoms with Gasteiger partial charge in [-0.1, -0.05) is 47.2 Å². The first-order valence-corrected chi connectivity index (χ1v) is 8.33. The van der Waals surface area contributed by atoms with E-state index >= 15 is 0 Å². The number of benzene rings is 2. The van der Waals surface area contributed by atoms with Crippen molar-refractivity contribution in [2.24, 2.45) is 0 Å². The van der Waals surface area contributed by atoms with E-state index in [0.717, 1.165) is 16.6 Å². The number of hydrogen-bond donors (Lipinski definition) is 1. The molecule has 4 rings (SSSR count). The molecule has 0 atom stereocenters. The first-order valence-electron chi connectivity index (χ1n) is 8.33. The van der Waals surface area contributed by atoms with Gasteiger partial charge in [0.1, 0.15) is 12.1 Å². The van der Waals surface area contributed by atoms with Crippen LogP contribution in [0.2, 0.25) is 0 Å². The van der Waals surface area contributed by atoms with Crippen LogP contribution in [0.4, 0.5) is 5.69 Å². The average molecular weight is 346 g/mol. The lowest BCUT2D eigenvalue weighted by Crippen LogP contribution is -2.19. The molecule has 0 saturated heterocycles. The zero-order chi connectivity index (χ0) is 17.9. The average Bonchev–Trinajstić information content (AvgIpc) is 3.24. The third-order valence-electron chi connectivity index (χ3n) is 4.10. The zero-order valence-corrected chi connectivity index (χ0v) is 14.3. The molecule has 7 nitrogen and oxygen atoms in total. The third-order valence-corrected chi connectivity index (χ3v) is 4.10. The fraction of sp³-hybridized carbons (Fsp3) is 0.158. The molecule has 2 aromatic heterocycles. The predicted octanol–water partition coefficient (Wildman–Crippen LogP) is 2.62. The molecule has 4 aromatic rings. The van der Waals surface area contributed by atoms with Gasteiger partial charge in [-0.25, -0.2) is 4.68 Å². The molecule has 0 bridgehead atoms. The molecule has 0 spiro atoms. The van der Waals surface area contributed by atoms with Crippen LogP contribution in [-0.2, 0) is 17.9 Å². The third kappa shape index (κ3) is 3.46. The second-order valence-electron chi connectivity index (χ2n) is 6.20. The summed E-state index contributed by atoms with van der Waals surface area (Å²) in [7, 11) is 0. The van der Waals surface area contributed by atoms with Crippen molar-refractivity contribution >= 4 is 22.6 Å². The van der Waals surface area contributed by atoms with Gasteiger partial charge in [0.25, 0.3) is 0 Å². The van der Waals surface area contributed by atoms with E-state index in [1.165, 1.54) is 5.56 Å². The summed E-state index contributed by atoms with van der Waals surface area (Å²) in [5, 5.41) is 15.2. The topological polar surface area (TPSA) is 77.6 Å². The number of carbonyl (C=O) groups is 1. The monoisotopic (exact) mass is 346 g/mol. The largest absolute Gasteiger partial charge is 0.322 e. The van der Waals surface area contributed by atoms with Crippen molar-refractivity contribution in [3.8, 4) is 0 Å². The molecule has 0 saturated carbocycles. The van der Waals surface area contributed by atoms with E-state index in [4.69, 9.17) is 0 Å². The summed E-state index contributed by atoms with van der Waals surface area (Å²) in [5.74, 6) is -0.171. The van der Waals surface area contributed by atoms with Gasteiger partial charge in [-0.3, -0.25) is 9.48 Å². The molecule has 1 N–H and O–H groups in total. The Morgan fingerprint density at radius 2 is 1.92 bits per heavy atom. The van der Waals surface area contributed by atoms with E-state index in [1.54, 1.807) is 15.6 Å². The smallest absolute Gasteiger partial charge is 0.246 e. The summed E-state index contributed by atoms with van der Waals surface area (Å²) in [4.78, 5) is 12.3. The fourth-order valence-corrected chi connectivity index (χ4v) is 2.77. The molecule has 0 unspecified atom stereocenters. The van der Waals surface area contributed by atoms with Crippen molar-refractivity contribution < 1.29 is 4.79 Å². The summed E-state index contributed by atoms with van der Waals surface area (Å²) >= 11 is 0. The number of anilines is 1. The Balaban J connectivity index is 1.40. The minimum atomic E-state index is -0.171. The highest BCUT2D eigenvalue weighted by Gasteiger charge is 2.10. The van der Waals surface area contributed by atoms with Gasteiger partial charge in [-0.2, -0.15) is 5.10 Å². The summed E-state index contributed by atoms with van der Waals surface area (Å²) in [6.45, 7) is 2.82. The summed E-state index contributed by atoms with van der Waals surface area (Å²) in [5.41, 5.74) is 4.64. The van der Waals surface area contributed by atoms with Gasteiger partial charge < -0.3 is 5.32 Å². The predicted molar refractivity (Wildman–Crippen MR) is 98.7 cm³/mol. The van der Waals surface area contributed by atoms with Crippen molar-refractivity contribution in [2.75, 3.05) is 5.32 Å². The Kier molecular flexibility index (Phi) is 4.18. The molecule has 0 fully saturated rings. The van der Waals surface area contributed by atoms with Crippen molar-refractivity contribution in [3.05, 3.63) is 72.1 Å². The van der Waals surface area contributed by atoms with Crippen LogP contribution in [0, 0.1) is 6.92 Å². The second kappa shape index (κ2) is 6.79. The fourth-order valence-electron chi connectivity index (χ4n) is 2.77. The van der Waals surface area contributed by atoms with Crippen molar-refractivity contribution in [3.63, 3.8) is 0 Å². The summed E-state index contributed by atoms with van der Waals surface area (Å²) in [6.07, 6.45) is 3.46. The van der Waals surface area contributed by atoms with E-state index in [0.29, 0.717) is 12.2 Å². The van der Waals surface area contributed by atoms with Gasteiger partial charge in [0.2, 0.25) is 5.91 Å². The lowest BCUT2D eigenvalue weighted by atomic mass is 10.1. The van der Waals surface area contributed by atoms with Crippen LogP contribution >= 0.6 is 0 Å². The van der Waals surface area contributed by atoms with Gasteiger partial charge >= 0.3 is 0 Å². The van der Waals surface area contributed by atoms with Gasteiger partial charge in [0.15, 0.2) is 0 Å². The van der Waals surface area contributed by atoms with Gasteiger partial charge in [0.05, 0.1) is 23.9 Å². The number of aromatic nitrogens is 5. The second-order valence-corrected chi connectivity index (χ2v) is 6.20. The molecule has 2 heterocycles. The Hall–Kier alpha value is -3.48. The normalized spacial score (nSPS) is 11.0. The van der Waals surface area contributed by atoms with Crippen LogP contribution in [0.3, 0.4) is 0 Å². The standard InChI is InChI=1S/C19H18N6O/c1-14-6-8-15(9-7-14)11-24-12-16(10-20-24)21-19(26)13-25-18-5-3-2-4-17(18)22-23-25/h2-10,12H,11,13H2,1H3,(H,21,26). The molecular weight excluding hydrogens is 328 g/mol. The summed E-state index contributed by atoms with van der Waals surface area (Å²) < 4.78 is 3.38. The number of para-hydroxylation sites is 1. The van der Waals surface area contributed by atoms with Crippen LogP contribution in [0.25, 0.3) is 11.0 Å². The SMILES string of the molecule is Cc1ccc(Cn2cc(NC(=O)Cn3nnc4ccccc43)cn2)cc1. The number of nitrogens with zero attached hydrogens (tertiary/aromatic N) is 5. The number of hydrogen-bond acceptors (Lipinski definition) is 4. The van der Waals surface area contributed by atoms with Gasteiger partial charge in [0, 0.05) is 6.20 Å². The molecule has 7 heteroatoms. The van der Waals surface area contributed by atoms with Crippen LogP contribution in [-0.4, -0.2) is 30.7 Å². The number of nitrogens with one attached hydrogen (secondary N) is 1. The number of carbonyl (C=O) groups excluding carboxylic acids is 1. The Bertz CT molecular complexity index is 1050. The lowest BCUT2D eigenvalue weighted by Gasteiger charge is -2.04. The van der Waals surface area contributed by atoms with Crippen LogP contribution in [0.1, 0.15) is 11.1 Å². The molecule has 2 aromatic carbocycles. The Morgan fingerprint density at radius 3 is 2.77 bits per heavy atom. The minimum absolute atomic E-state index is 0.101. The van der Waals surface area contributed by atoms with Crippen LogP contribution < -0.4 is 5.32 Å². The zero-order valence-electron chi connectivity index (χ0n) is 14.3. The number of amides is 1.